The van der Waals surface area contributed by atoms with E-state index in [1.165, 1.54) is 24.3 Å². The van der Waals surface area contributed by atoms with E-state index in [-0.39, 0.29) is 12.5 Å². The largest absolute Gasteiger partial charge is 0.491 e. The number of rotatable bonds is 2. The lowest BCUT2D eigenvalue weighted by atomic mass is 9.75. The summed E-state index contributed by atoms with van der Waals surface area (Å²) >= 11 is 0. The number of amides is 2. The van der Waals surface area contributed by atoms with Crippen LogP contribution in [0.15, 0.2) is 54.6 Å². The minimum absolute atomic E-state index is 0.0578. The van der Waals surface area contributed by atoms with E-state index in [1.807, 2.05) is 6.07 Å². The van der Waals surface area contributed by atoms with Gasteiger partial charge < -0.3 is 24.4 Å². The first-order chi connectivity index (χ1) is 16.0. The summed E-state index contributed by atoms with van der Waals surface area (Å²) in [6.07, 6.45) is 0. The number of hydrogen-bond donors (Lipinski definition) is 1. The van der Waals surface area contributed by atoms with E-state index in [4.69, 9.17) is 14.2 Å². The highest BCUT2D eigenvalue weighted by Crippen LogP contribution is 2.55. The molecule has 3 aromatic carbocycles. The predicted octanol–water partition coefficient (Wildman–Crippen LogP) is 3.50. The molecule has 3 aromatic rings. The second kappa shape index (κ2) is 6.96. The maximum Gasteiger partial charge on any atom is 0.256 e. The minimum atomic E-state index is -1.19. The molecule has 0 radical (unpaired) electrons. The van der Waals surface area contributed by atoms with Gasteiger partial charge in [-0.1, -0.05) is 6.07 Å². The quantitative estimate of drug-likeness (QED) is 0.652. The minimum Gasteiger partial charge on any atom is -0.491 e. The number of halogens is 1. The Bertz CT molecular complexity index is 1320. The van der Waals surface area contributed by atoms with Gasteiger partial charge in [-0.3, -0.25) is 9.59 Å². The average molecular weight is 446 g/mol. The summed E-state index contributed by atoms with van der Waals surface area (Å²) < 4.78 is 30.7. The van der Waals surface area contributed by atoms with E-state index >= 15 is 0 Å². The van der Waals surface area contributed by atoms with Crippen LogP contribution in [-0.4, -0.2) is 38.7 Å². The Morgan fingerprint density at radius 3 is 2.48 bits per heavy atom. The Kier molecular flexibility index (Phi) is 4.14. The Balaban J connectivity index is 1.50. The van der Waals surface area contributed by atoms with Crippen molar-refractivity contribution in [2.24, 2.45) is 0 Å². The zero-order valence-electron chi connectivity index (χ0n) is 17.7. The van der Waals surface area contributed by atoms with Crippen molar-refractivity contribution in [3.8, 4) is 17.2 Å². The molecule has 33 heavy (non-hydrogen) atoms. The smallest absolute Gasteiger partial charge is 0.256 e. The fraction of sp³-hybridized carbons (Fsp3) is 0.200. The van der Waals surface area contributed by atoms with Crippen LogP contribution in [0.25, 0.3) is 0 Å². The highest BCUT2D eigenvalue weighted by Gasteiger charge is 2.58. The lowest BCUT2D eigenvalue weighted by molar-refractivity contribution is -0.121. The number of ether oxygens (including phenoxy) is 3. The summed E-state index contributed by atoms with van der Waals surface area (Å²) in [6.45, 7) is 0.910. The van der Waals surface area contributed by atoms with E-state index in [1.54, 1.807) is 36.2 Å². The van der Waals surface area contributed by atoms with Crippen LogP contribution in [0.4, 0.5) is 15.8 Å². The Hall–Kier alpha value is -4.07. The molecule has 6 rings (SSSR count). The third-order valence-electron chi connectivity index (χ3n) is 6.40. The highest BCUT2D eigenvalue weighted by molar-refractivity contribution is 6.16. The molecule has 1 N–H and O–H groups in total. The van der Waals surface area contributed by atoms with Gasteiger partial charge in [0.25, 0.3) is 5.91 Å². The fourth-order valence-electron chi connectivity index (χ4n) is 4.86. The van der Waals surface area contributed by atoms with Crippen LogP contribution in [0.3, 0.4) is 0 Å². The lowest BCUT2D eigenvalue weighted by Gasteiger charge is -2.25. The molecule has 1 unspecified atom stereocenters. The maximum atomic E-state index is 13.7. The van der Waals surface area contributed by atoms with Gasteiger partial charge in [0, 0.05) is 41.2 Å². The lowest BCUT2D eigenvalue weighted by Crippen LogP contribution is -2.41. The summed E-state index contributed by atoms with van der Waals surface area (Å²) in [6, 6.07) is 14.3. The number of nitrogens with zero attached hydrogens (tertiary/aromatic N) is 1. The summed E-state index contributed by atoms with van der Waals surface area (Å²) in [7, 11) is 1.69. The number of hydrogen-bond acceptors (Lipinski definition) is 5. The Labute approximate surface area is 188 Å². The molecule has 2 amide bonds. The summed E-state index contributed by atoms with van der Waals surface area (Å²) in [5, 5.41) is 2.80. The van der Waals surface area contributed by atoms with Gasteiger partial charge in [-0.15, -0.1) is 0 Å². The Morgan fingerprint density at radius 1 is 1.00 bits per heavy atom. The molecule has 0 aliphatic carbocycles. The highest BCUT2D eigenvalue weighted by atomic mass is 19.1. The molecule has 7 nitrogen and oxygen atoms in total. The molecule has 3 aliphatic heterocycles. The van der Waals surface area contributed by atoms with E-state index in [9.17, 15) is 14.0 Å². The zero-order chi connectivity index (χ0) is 22.7. The zero-order valence-corrected chi connectivity index (χ0v) is 17.7. The molecule has 3 heterocycles. The molecule has 166 valence electrons. The number of carbonyl (C=O) groups excluding carboxylic acids is 2. The van der Waals surface area contributed by atoms with Crippen LogP contribution in [0.2, 0.25) is 0 Å². The fourth-order valence-corrected chi connectivity index (χ4v) is 4.86. The number of anilines is 2. The number of fused-ring (bicyclic) bond motifs is 5. The average Bonchev–Trinajstić information content (AvgIpc) is 3.31. The molecule has 3 aliphatic rings. The van der Waals surface area contributed by atoms with Crippen LogP contribution in [0, 0.1) is 5.82 Å². The molecule has 0 saturated carbocycles. The van der Waals surface area contributed by atoms with Crippen molar-refractivity contribution in [3.63, 3.8) is 0 Å². The van der Waals surface area contributed by atoms with Crippen molar-refractivity contribution >= 4 is 23.2 Å². The van der Waals surface area contributed by atoms with Gasteiger partial charge in [0.1, 0.15) is 36.8 Å². The van der Waals surface area contributed by atoms with E-state index < -0.39 is 17.1 Å². The molecule has 0 saturated heterocycles. The standard InChI is InChI=1S/C25H19FN2O5/c1-28-18-4-2-3-16(23(29)27-15-7-5-14(26)6-8-15)22(18)25(24(28)30)13-33-19-12-21-20(11-17(19)25)31-9-10-32-21/h2-8,11-12H,9-10,13H2,1H3,(H,27,29). The molecule has 8 heteroatoms. The van der Waals surface area contributed by atoms with Crippen LogP contribution in [0.5, 0.6) is 17.2 Å². The van der Waals surface area contributed by atoms with Gasteiger partial charge in [0.05, 0.1) is 0 Å². The van der Waals surface area contributed by atoms with E-state index in [0.717, 1.165) is 0 Å². The molecular formula is C25H19FN2O5. The number of likely N-dealkylation sites (N-methyl/N-ethyl adjacent to an activating group) is 1. The van der Waals surface area contributed by atoms with Crippen molar-refractivity contribution < 1.29 is 28.2 Å². The second-order valence-corrected chi connectivity index (χ2v) is 8.21. The van der Waals surface area contributed by atoms with Crippen molar-refractivity contribution in [1.82, 2.24) is 0 Å². The Morgan fingerprint density at radius 2 is 1.73 bits per heavy atom. The van der Waals surface area contributed by atoms with E-state index in [0.29, 0.717) is 58.5 Å². The molecule has 1 spiro atoms. The van der Waals surface area contributed by atoms with Crippen molar-refractivity contribution in [1.29, 1.82) is 0 Å². The van der Waals surface area contributed by atoms with E-state index in [2.05, 4.69) is 5.32 Å². The number of benzene rings is 3. The van der Waals surface area contributed by atoms with Crippen LogP contribution >= 0.6 is 0 Å². The number of nitrogens with one attached hydrogen (secondary N) is 1. The van der Waals surface area contributed by atoms with Crippen LogP contribution in [0.1, 0.15) is 21.5 Å². The third kappa shape index (κ3) is 2.73. The van der Waals surface area contributed by atoms with Crippen LogP contribution in [-0.2, 0) is 10.2 Å². The van der Waals surface area contributed by atoms with Gasteiger partial charge in [0.15, 0.2) is 11.5 Å². The van der Waals surface area contributed by atoms with Crippen molar-refractivity contribution in [2.75, 3.05) is 37.1 Å². The SMILES string of the molecule is CN1C(=O)C2(COc3cc4c(cc32)OCCO4)c2c(C(=O)Nc3ccc(F)cc3)cccc21. The topological polar surface area (TPSA) is 77.1 Å². The van der Waals surface area contributed by atoms with Gasteiger partial charge in [-0.25, -0.2) is 4.39 Å². The molecule has 0 bridgehead atoms. The van der Waals surface area contributed by atoms with Gasteiger partial charge in [-0.2, -0.15) is 0 Å². The summed E-state index contributed by atoms with van der Waals surface area (Å²) in [4.78, 5) is 28.6. The molecule has 1 atom stereocenters. The molecule has 0 aromatic heterocycles. The van der Waals surface area contributed by atoms with Crippen LogP contribution < -0.4 is 24.4 Å². The third-order valence-corrected chi connectivity index (χ3v) is 6.40. The van der Waals surface area contributed by atoms with Gasteiger partial charge in [0.2, 0.25) is 5.91 Å². The first-order valence-corrected chi connectivity index (χ1v) is 10.5. The summed E-state index contributed by atoms with van der Waals surface area (Å²) in [5.41, 5.74) is 1.47. The van der Waals surface area contributed by atoms with Crippen molar-refractivity contribution in [2.45, 2.75) is 5.41 Å². The predicted molar refractivity (Wildman–Crippen MR) is 118 cm³/mol. The monoisotopic (exact) mass is 446 g/mol. The van der Waals surface area contributed by atoms with Gasteiger partial charge in [-0.05, 0) is 42.5 Å². The second-order valence-electron chi connectivity index (χ2n) is 8.21. The first-order valence-electron chi connectivity index (χ1n) is 10.5. The first kappa shape index (κ1) is 19.6. The molecule has 0 fully saturated rings. The maximum absolute atomic E-state index is 13.7. The summed E-state index contributed by atoms with van der Waals surface area (Å²) in [5.74, 6) is 0.666. The molecular weight excluding hydrogens is 427 g/mol. The van der Waals surface area contributed by atoms with Crippen molar-refractivity contribution in [3.05, 3.63) is 77.1 Å². The normalized spacial score (nSPS) is 19.8. The van der Waals surface area contributed by atoms with Gasteiger partial charge >= 0.3 is 0 Å². The number of carbonyl (C=O) groups is 2.